The first-order valence-corrected chi connectivity index (χ1v) is 10.7. The molecule has 2 aromatic rings. The van der Waals surface area contributed by atoms with Gasteiger partial charge in [0, 0.05) is 31.7 Å². The lowest BCUT2D eigenvalue weighted by Crippen LogP contribution is -2.45. The van der Waals surface area contributed by atoms with Gasteiger partial charge in [0.1, 0.15) is 11.5 Å². The van der Waals surface area contributed by atoms with Crippen molar-refractivity contribution in [2.45, 2.75) is 19.4 Å². The molecule has 170 valence electrons. The number of benzene rings is 2. The van der Waals surface area contributed by atoms with Crippen molar-refractivity contribution < 1.29 is 23.9 Å². The molecular weight excluding hydrogens is 410 g/mol. The average molecular weight is 440 g/mol. The quantitative estimate of drug-likeness (QED) is 0.611. The highest BCUT2D eigenvalue weighted by atomic mass is 16.5. The van der Waals surface area contributed by atoms with Gasteiger partial charge >= 0.3 is 11.8 Å². The zero-order chi connectivity index (χ0) is 22.8. The molecule has 0 unspecified atom stereocenters. The zero-order valence-corrected chi connectivity index (χ0v) is 18.2. The summed E-state index contributed by atoms with van der Waals surface area (Å²) >= 11 is 0. The molecular formula is C24H29N3O5. The van der Waals surface area contributed by atoms with Crippen molar-refractivity contribution in [1.29, 1.82) is 0 Å². The maximum Gasteiger partial charge on any atom is 0.309 e. The summed E-state index contributed by atoms with van der Waals surface area (Å²) in [6.45, 7) is 1.85. The van der Waals surface area contributed by atoms with Gasteiger partial charge in [-0.3, -0.25) is 14.4 Å². The lowest BCUT2D eigenvalue weighted by Gasteiger charge is -2.32. The molecule has 0 radical (unpaired) electrons. The molecule has 32 heavy (non-hydrogen) atoms. The van der Waals surface area contributed by atoms with Crippen LogP contribution in [0.15, 0.2) is 54.6 Å². The predicted molar refractivity (Wildman–Crippen MR) is 119 cm³/mol. The number of para-hydroxylation sites is 2. The van der Waals surface area contributed by atoms with Gasteiger partial charge in [-0.05, 0) is 37.0 Å². The molecule has 0 bridgehead atoms. The van der Waals surface area contributed by atoms with Gasteiger partial charge in [0.2, 0.25) is 0 Å². The minimum Gasteiger partial charge on any atom is -0.496 e. The first-order chi connectivity index (χ1) is 15.6. The Labute approximate surface area is 187 Å². The molecule has 8 nitrogen and oxygen atoms in total. The molecule has 1 aliphatic rings. The van der Waals surface area contributed by atoms with Crippen LogP contribution in [-0.2, 0) is 20.9 Å². The van der Waals surface area contributed by atoms with E-state index in [4.69, 9.17) is 9.47 Å². The van der Waals surface area contributed by atoms with E-state index in [1.165, 1.54) is 0 Å². The third-order valence-corrected chi connectivity index (χ3v) is 5.46. The Morgan fingerprint density at radius 1 is 0.938 bits per heavy atom. The van der Waals surface area contributed by atoms with Crippen molar-refractivity contribution in [2.24, 2.45) is 5.92 Å². The summed E-state index contributed by atoms with van der Waals surface area (Å²) in [5.41, 5.74) is 0.796. The van der Waals surface area contributed by atoms with Gasteiger partial charge in [0.05, 0.1) is 7.11 Å². The van der Waals surface area contributed by atoms with Crippen molar-refractivity contribution in [3.63, 3.8) is 0 Å². The lowest BCUT2D eigenvalue weighted by molar-refractivity contribution is -0.139. The number of carbonyl (C=O) groups is 3. The molecule has 1 heterocycles. The molecule has 0 spiro atoms. The fraction of sp³-hybridized carbons (Fsp3) is 0.375. The van der Waals surface area contributed by atoms with Gasteiger partial charge < -0.3 is 25.0 Å². The van der Waals surface area contributed by atoms with E-state index in [1.54, 1.807) is 18.1 Å². The molecule has 3 amide bonds. The third kappa shape index (κ3) is 6.73. The molecule has 0 aromatic heterocycles. The standard InChI is InChI=1S/C24H29N3O5/c1-31-21-10-6-5-7-19(21)16-26-24(30)23(29)25-15-18-11-13-27(14-12-18)22(28)17-32-20-8-3-2-4-9-20/h2-10,18H,11-17H2,1H3,(H,25,29)(H,26,30). The Morgan fingerprint density at radius 2 is 1.59 bits per heavy atom. The summed E-state index contributed by atoms with van der Waals surface area (Å²) in [5.74, 6) is 0.162. The van der Waals surface area contributed by atoms with E-state index >= 15 is 0 Å². The van der Waals surface area contributed by atoms with Crippen LogP contribution in [0, 0.1) is 5.92 Å². The number of methoxy groups -OCH3 is 1. The second-order valence-corrected chi connectivity index (χ2v) is 7.63. The van der Waals surface area contributed by atoms with E-state index < -0.39 is 11.8 Å². The van der Waals surface area contributed by atoms with Crippen LogP contribution in [0.5, 0.6) is 11.5 Å². The monoisotopic (exact) mass is 439 g/mol. The second-order valence-electron chi connectivity index (χ2n) is 7.63. The van der Waals surface area contributed by atoms with Crippen molar-refractivity contribution >= 4 is 17.7 Å². The summed E-state index contributed by atoms with van der Waals surface area (Å²) in [7, 11) is 1.56. The Bertz CT molecular complexity index is 911. The van der Waals surface area contributed by atoms with Crippen LogP contribution in [0.25, 0.3) is 0 Å². The van der Waals surface area contributed by atoms with E-state index in [9.17, 15) is 14.4 Å². The van der Waals surface area contributed by atoms with Gasteiger partial charge in [0.15, 0.2) is 6.61 Å². The highest BCUT2D eigenvalue weighted by molar-refractivity contribution is 6.35. The normalized spacial score (nSPS) is 13.8. The summed E-state index contributed by atoms with van der Waals surface area (Å²) < 4.78 is 10.8. The summed E-state index contributed by atoms with van der Waals surface area (Å²) in [5, 5.41) is 5.31. The van der Waals surface area contributed by atoms with Crippen molar-refractivity contribution in [3.8, 4) is 11.5 Å². The third-order valence-electron chi connectivity index (χ3n) is 5.46. The Kier molecular flexibility index (Phi) is 8.48. The summed E-state index contributed by atoms with van der Waals surface area (Å²) in [6.07, 6.45) is 1.53. The number of nitrogens with one attached hydrogen (secondary N) is 2. The maximum atomic E-state index is 12.3. The van der Waals surface area contributed by atoms with Crippen LogP contribution in [0.1, 0.15) is 18.4 Å². The maximum absolute atomic E-state index is 12.3. The van der Waals surface area contributed by atoms with Gasteiger partial charge in [-0.1, -0.05) is 36.4 Å². The van der Waals surface area contributed by atoms with Crippen LogP contribution in [0.3, 0.4) is 0 Å². The average Bonchev–Trinajstić information content (AvgIpc) is 2.85. The molecule has 1 saturated heterocycles. The fourth-order valence-corrected chi connectivity index (χ4v) is 3.56. The van der Waals surface area contributed by atoms with Gasteiger partial charge in [0.25, 0.3) is 5.91 Å². The Hall–Kier alpha value is -3.55. The second kappa shape index (κ2) is 11.7. The highest BCUT2D eigenvalue weighted by Gasteiger charge is 2.24. The molecule has 1 aliphatic heterocycles. The first kappa shape index (κ1) is 23.1. The smallest absolute Gasteiger partial charge is 0.309 e. The Morgan fingerprint density at radius 3 is 2.31 bits per heavy atom. The number of rotatable bonds is 8. The first-order valence-electron chi connectivity index (χ1n) is 10.7. The minimum atomic E-state index is -0.679. The van der Waals surface area contributed by atoms with E-state index in [1.807, 2.05) is 48.5 Å². The number of piperidine rings is 1. The molecule has 0 saturated carbocycles. The van der Waals surface area contributed by atoms with Crippen LogP contribution < -0.4 is 20.1 Å². The topological polar surface area (TPSA) is 97.0 Å². The van der Waals surface area contributed by atoms with Crippen LogP contribution >= 0.6 is 0 Å². The van der Waals surface area contributed by atoms with Gasteiger partial charge in [-0.25, -0.2) is 0 Å². The largest absolute Gasteiger partial charge is 0.496 e. The van der Waals surface area contributed by atoms with Gasteiger partial charge in [-0.2, -0.15) is 0 Å². The summed E-state index contributed by atoms with van der Waals surface area (Å²) in [6, 6.07) is 16.5. The Balaban J connectivity index is 1.33. The molecule has 0 aliphatic carbocycles. The number of nitrogens with zero attached hydrogens (tertiary/aromatic N) is 1. The number of amides is 3. The SMILES string of the molecule is COc1ccccc1CNC(=O)C(=O)NCC1CCN(C(=O)COc2ccccc2)CC1. The van der Waals surface area contributed by atoms with E-state index in [0.717, 1.165) is 18.4 Å². The number of likely N-dealkylation sites (tertiary alicyclic amines) is 1. The fourth-order valence-electron chi connectivity index (χ4n) is 3.56. The zero-order valence-electron chi connectivity index (χ0n) is 18.2. The number of carbonyl (C=O) groups excluding carboxylic acids is 3. The molecule has 2 N–H and O–H groups in total. The summed E-state index contributed by atoms with van der Waals surface area (Å²) in [4.78, 5) is 38.3. The lowest BCUT2D eigenvalue weighted by atomic mass is 9.96. The molecule has 1 fully saturated rings. The van der Waals surface area contributed by atoms with E-state index in [-0.39, 0.29) is 25.0 Å². The number of ether oxygens (including phenoxy) is 2. The van der Waals surface area contributed by atoms with E-state index in [2.05, 4.69) is 10.6 Å². The predicted octanol–water partition coefficient (Wildman–Crippen LogP) is 1.75. The van der Waals surface area contributed by atoms with Crippen LogP contribution in [0.2, 0.25) is 0 Å². The van der Waals surface area contributed by atoms with Crippen LogP contribution in [-0.4, -0.2) is 56.0 Å². The molecule has 3 rings (SSSR count). The number of hydrogen-bond acceptors (Lipinski definition) is 5. The van der Waals surface area contributed by atoms with E-state index in [0.29, 0.717) is 31.1 Å². The van der Waals surface area contributed by atoms with Gasteiger partial charge in [-0.15, -0.1) is 0 Å². The van der Waals surface area contributed by atoms with Crippen molar-refractivity contribution in [1.82, 2.24) is 15.5 Å². The van der Waals surface area contributed by atoms with Crippen molar-refractivity contribution in [3.05, 3.63) is 60.2 Å². The van der Waals surface area contributed by atoms with Crippen LogP contribution in [0.4, 0.5) is 0 Å². The number of hydrogen-bond donors (Lipinski definition) is 2. The highest BCUT2D eigenvalue weighted by Crippen LogP contribution is 2.18. The minimum absolute atomic E-state index is 0.0117. The van der Waals surface area contributed by atoms with Crippen molar-refractivity contribution in [2.75, 3.05) is 33.4 Å². The molecule has 8 heteroatoms. The molecule has 2 aromatic carbocycles. The molecule has 0 atom stereocenters.